The van der Waals surface area contributed by atoms with E-state index in [0.29, 0.717) is 0 Å². The van der Waals surface area contributed by atoms with Crippen LogP contribution in [-0.2, 0) is 11.3 Å². The van der Waals surface area contributed by atoms with Gasteiger partial charge in [0.25, 0.3) is 0 Å². The van der Waals surface area contributed by atoms with Crippen molar-refractivity contribution in [3.8, 4) is 0 Å². The summed E-state index contributed by atoms with van der Waals surface area (Å²) >= 11 is 7.56. The molecule has 20 heavy (non-hydrogen) atoms. The molecule has 1 saturated heterocycles. The fourth-order valence-electron chi connectivity index (χ4n) is 2.14. The molecule has 1 amide bonds. The minimum Gasteiger partial charge on any atom is -0.337 e. The summed E-state index contributed by atoms with van der Waals surface area (Å²) in [5.74, 6) is 0.0990. The highest BCUT2D eigenvalue weighted by Crippen LogP contribution is 2.23. The molecular weight excluding hydrogens is 292 g/mol. The Morgan fingerprint density at radius 3 is 2.65 bits per heavy atom. The maximum atomic E-state index is 11.9. The number of piperazine rings is 1. The average Bonchev–Trinajstić information content (AvgIpc) is 2.85. The van der Waals surface area contributed by atoms with Crippen molar-refractivity contribution in [3.63, 3.8) is 0 Å². The van der Waals surface area contributed by atoms with Crippen molar-refractivity contribution in [1.82, 2.24) is 9.80 Å². The molecule has 1 aromatic rings. The largest absolute Gasteiger partial charge is 0.337 e. The highest BCUT2D eigenvalue weighted by molar-refractivity contribution is 7.16. The Kier molecular flexibility index (Phi) is 5.83. The summed E-state index contributed by atoms with van der Waals surface area (Å²) in [5, 5.41) is 0. The molecule has 1 aromatic heterocycles. The van der Waals surface area contributed by atoms with Crippen molar-refractivity contribution in [3.05, 3.63) is 45.7 Å². The Labute approximate surface area is 129 Å². The van der Waals surface area contributed by atoms with Crippen LogP contribution < -0.4 is 0 Å². The lowest BCUT2D eigenvalue weighted by atomic mass is 10.3. The van der Waals surface area contributed by atoms with Crippen molar-refractivity contribution < 1.29 is 4.79 Å². The lowest BCUT2D eigenvalue weighted by Crippen LogP contribution is -2.47. The third-order valence-corrected chi connectivity index (χ3v) is 4.45. The number of carbonyl (C=O) groups excluding carboxylic acids is 1. The summed E-state index contributed by atoms with van der Waals surface area (Å²) < 4.78 is 0.836. The minimum absolute atomic E-state index is 0.0990. The maximum absolute atomic E-state index is 11.9. The zero-order valence-electron chi connectivity index (χ0n) is 11.6. The van der Waals surface area contributed by atoms with Crippen molar-refractivity contribution >= 4 is 28.8 Å². The number of hydrogen-bond donors (Lipinski definition) is 0. The van der Waals surface area contributed by atoms with Crippen LogP contribution in [0.1, 0.15) is 11.8 Å². The topological polar surface area (TPSA) is 23.6 Å². The third kappa shape index (κ3) is 4.47. The van der Waals surface area contributed by atoms with Gasteiger partial charge in [-0.15, -0.1) is 11.3 Å². The number of halogens is 1. The van der Waals surface area contributed by atoms with Crippen molar-refractivity contribution in [2.45, 2.75) is 13.5 Å². The minimum atomic E-state index is 0.0990. The third-order valence-electron chi connectivity index (χ3n) is 3.23. The molecule has 0 aliphatic carbocycles. The van der Waals surface area contributed by atoms with Gasteiger partial charge in [-0.05, 0) is 19.1 Å². The first-order valence-electron chi connectivity index (χ1n) is 6.74. The Morgan fingerprint density at radius 2 is 2.05 bits per heavy atom. The number of nitrogens with zero attached hydrogens (tertiary/aromatic N) is 2. The second-order valence-corrected chi connectivity index (χ2v) is 6.49. The Morgan fingerprint density at radius 1 is 1.30 bits per heavy atom. The SMILES string of the molecule is C/C=C/C=C/C(=O)N1CCN(Cc2ccc(Cl)s2)CC1. The molecule has 0 radical (unpaired) electrons. The van der Waals surface area contributed by atoms with Gasteiger partial charge in [0.15, 0.2) is 0 Å². The van der Waals surface area contributed by atoms with E-state index in [9.17, 15) is 4.79 Å². The molecule has 1 aliphatic rings. The van der Waals surface area contributed by atoms with Gasteiger partial charge in [-0.3, -0.25) is 9.69 Å². The number of allylic oxidation sites excluding steroid dienone is 3. The summed E-state index contributed by atoms with van der Waals surface area (Å²) in [6.07, 6.45) is 7.21. The standard InChI is InChI=1S/C15H19ClN2OS/c1-2-3-4-5-15(19)18-10-8-17(9-11-18)12-13-6-7-14(16)20-13/h2-7H,8-12H2,1H3/b3-2+,5-4+. The molecule has 3 nitrogen and oxygen atoms in total. The van der Waals surface area contributed by atoms with Gasteiger partial charge in [0, 0.05) is 43.7 Å². The normalized spacial score (nSPS) is 17.4. The Balaban J connectivity index is 1.78. The van der Waals surface area contributed by atoms with Gasteiger partial charge >= 0.3 is 0 Å². The van der Waals surface area contributed by atoms with E-state index in [1.165, 1.54) is 4.88 Å². The molecule has 0 unspecified atom stereocenters. The van der Waals surface area contributed by atoms with Crippen LogP contribution in [0.15, 0.2) is 36.4 Å². The zero-order chi connectivity index (χ0) is 14.4. The number of thiophene rings is 1. The van der Waals surface area contributed by atoms with Crippen molar-refractivity contribution in [2.24, 2.45) is 0 Å². The number of rotatable bonds is 4. The van der Waals surface area contributed by atoms with Gasteiger partial charge in [0.1, 0.15) is 0 Å². The van der Waals surface area contributed by atoms with Crippen LogP contribution in [0.5, 0.6) is 0 Å². The summed E-state index contributed by atoms with van der Waals surface area (Å²) in [5.41, 5.74) is 0. The van der Waals surface area contributed by atoms with Gasteiger partial charge in [-0.2, -0.15) is 0 Å². The quantitative estimate of drug-likeness (QED) is 0.630. The van der Waals surface area contributed by atoms with Gasteiger partial charge in [0.2, 0.25) is 5.91 Å². The van der Waals surface area contributed by atoms with Crippen LogP contribution in [0.3, 0.4) is 0 Å². The summed E-state index contributed by atoms with van der Waals surface area (Å²) in [4.78, 5) is 17.5. The van der Waals surface area contributed by atoms with E-state index < -0.39 is 0 Å². The van der Waals surface area contributed by atoms with Crippen LogP contribution >= 0.6 is 22.9 Å². The van der Waals surface area contributed by atoms with E-state index in [2.05, 4.69) is 11.0 Å². The first-order valence-corrected chi connectivity index (χ1v) is 7.93. The number of hydrogen-bond acceptors (Lipinski definition) is 3. The van der Waals surface area contributed by atoms with Gasteiger partial charge in [-0.25, -0.2) is 0 Å². The van der Waals surface area contributed by atoms with Gasteiger partial charge in [0.05, 0.1) is 4.34 Å². The molecule has 0 atom stereocenters. The van der Waals surface area contributed by atoms with Crippen molar-refractivity contribution in [1.29, 1.82) is 0 Å². The van der Waals surface area contributed by atoms with E-state index >= 15 is 0 Å². The fourth-order valence-corrected chi connectivity index (χ4v) is 3.27. The highest BCUT2D eigenvalue weighted by Gasteiger charge is 2.19. The van der Waals surface area contributed by atoms with E-state index in [1.54, 1.807) is 23.5 Å². The van der Waals surface area contributed by atoms with E-state index in [-0.39, 0.29) is 5.91 Å². The molecule has 2 heterocycles. The summed E-state index contributed by atoms with van der Waals surface area (Å²) in [7, 11) is 0. The van der Waals surface area contributed by atoms with Crippen LogP contribution in [-0.4, -0.2) is 41.9 Å². The monoisotopic (exact) mass is 310 g/mol. The molecule has 2 rings (SSSR count). The summed E-state index contributed by atoms with van der Waals surface area (Å²) in [6.45, 7) is 6.27. The molecule has 0 spiro atoms. The molecule has 0 bridgehead atoms. The van der Waals surface area contributed by atoms with Crippen LogP contribution in [0.25, 0.3) is 0 Å². The summed E-state index contributed by atoms with van der Waals surface area (Å²) in [6, 6.07) is 4.01. The van der Waals surface area contributed by atoms with Crippen LogP contribution in [0, 0.1) is 0 Å². The molecule has 5 heteroatoms. The lowest BCUT2D eigenvalue weighted by Gasteiger charge is -2.33. The van der Waals surface area contributed by atoms with E-state index in [0.717, 1.165) is 37.1 Å². The second-order valence-electron chi connectivity index (χ2n) is 4.69. The molecule has 0 saturated carbocycles. The predicted molar refractivity (Wildman–Crippen MR) is 85.1 cm³/mol. The van der Waals surface area contributed by atoms with E-state index in [4.69, 9.17) is 11.6 Å². The lowest BCUT2D eigenvalue weighted by molar-refractivity contribution is -0.127. The smallest absolute Gasteiger partial charge is 0.246 e. The van der Waals surface area contributed by atoms with Gasteiger partial charge in [-0.1, -0.05) is 29.8 Å². The Hall–Kier alpha value is -1.10. The zero-order valence-corrected chi connectivity index (χ0v) is 13.2. The second kappa shape index (κ2) is 7.62. The Bertz CT molecular complexity index is 502. The molecule has 0 N–H and O–H groups in total. The van der Waals surface area contributed by atoms with E-state index in [1.807, 2.05) is 30.0 Å². The first kappa shape index (κ1) is 15.3. The predicted octanol–water partition coefficient (Wildman–Crippen LogP) is 3.18. The maximum Gasteiger partial charge on any atom is 0.246 e. The van der Waals surface area contributed by atoms with Crippen LogP contribution in [0.4, 0.5) is 0 Å². The molecule has 0 aromatic carbocycles. The molecule has 1 aliphatic heterocycles. The number of amides is 1. The first-order chi connectivity index (χ1) is 9.69. The molecule has 108 valence electrons. The van der Waals surface area contributed by atoms with Crippen molar-refractivity contribution in [2.75, 3.05) is 26.2 Å². The molecular formula is C15H19ClN2OS. The highest BCUT2D eigenvalue weighted by atomic mass is 35.5. The van der Waals surface area contributed by atoms with Crippen LogP contribution in [0.2, 0.25) is 4.34 Å². The number of carbonyl (C=O) groups is 1. The van der Waals surface area contributed by atoms with Gasteiger partial charge < -0.3 is 4.90 Å². The molecule has 1 fully saturated rings. The fraction of sp³-hybridized carbons (Fsp3) is 0.400. The average molecular weight is 311 g/mol.